The van der Waals surface area contributed by atoms with Crippen molar-refractivity contribution in [3.8, 4) is 10.8 Å². The van der Waals surface area contributed by atoms with E-state index in [0.717, 1.165) is 0 Å². The number of aromatic nitrogens is 2. The third-order valence-corrected chi connectivity index (χ3v) is 3.74. The number of carbonyl (C=O) groups is 2. The third-order valence-electron chi connectivity index (χ3n) is 2.60. The molecule has 3 rings (SSSR count). The van der Waals surface area contributed by atoms with Crippen LogP contribution in [-0.2, 0) is 6.42 Å². The monoisotopic (exact) mass is 260 g/mol. The van der Waals surface area contributed by atoms with Crippen LogP contribution in [-0.4, -0.2) is 21.7 Å². The van der Waals surface area contributed by atoms with Crippen LogP contribution in [0.15, 0.2) is 22.7 Å². The molecule has 0 bridgehead atoms. The van der Waals surface area contributed by atoms with Crippen molar-refractivity contribution in [2.75, 3.05) is 0 Å². The highest BCUT2D eigenvalue weighted by Gasteiger charge is 2.24. The second-order valence-electron chi connectivity index (χ2n) is 3.78. The van der Waals surface area contributed by atoms with Gasteiger partial charge in [0, 0.05) is 12.0 Å². The number of rotatable bonds is 2. The topological polar surface area (TPSA) is 73.1 Å². The predicted molar refractivity (Wildman–Crippen MR) is 64.8 cm³/mol. The highest BCUT2D eigenvalue weighted by Crippen LogP contribution is 2.33. The maximum atomic E-state index is 11.6. The molecular formula is C12H8N2O3S. The van der Waals surface area contributed by atoms with Gasteiger partial charge in [0.05, 0.1) is 9.75 Å². The van der Waals surface area contributed by atoms with Crippen LogP contribution in [0.1, 0.15) is 32.8 Å². The zero-order valence-corrected chi connectivity index (χ0v) is 10.3. The van der Waals surface area contributed by atoms with E-state index in [1.807, 2.05) is 6.92 Å². The van der Waals surface area contributed by atoms with E-state index < -0.39 is 0 Å². The van der Waals surface area contributed by atoms with Gasteiger partial charge >= 0.3 is 0 Å². The summed E-state index contributed by atoms with van der Waals surface area (Å²) < 4.78 is 5.10. The lowest BCUT2D eigenvalue weighted by Crippen LogP contribution is -2.07. The number of hydrogen-bond acceptors (Lipinski definition) is 6. The van der Waals surface area contributed by atoms with E-state index in [2.05, 4.69) is 10.1 Å². The molecule has 0 radical (unpaired) electrons. The maximum absolute atomic E-state index is 11.6. The fraction of sp³-hybridized carbons (Fsp3) is 0.167. The highest BCUT2D eigenvalue weighted by atomic mass is 32.1. The Morgan fingerprint density at radius 3 is 2.72 bits per heavy atom. The Balaban J connectivity index is 2.08. The quantitative estimate of drug-likeness (QED) is 0.828. The van der Waals surface area contributed by atoms with Crippen LogP contribution in [0, 0.1) is 0 Å². The summed E-state index contributed by atoms with van der Waals surface area (Å²) in [6, 6.07) is 1.64. The molecular weight excluding hydrogens is 252 g/mol. The molecule has 0 N–H and O–H groups in total. The van der Waals surface area contributed by atoms with E-state index in [1.165, 1.54) is 23.5 Å². The Hall–Kier alpha value is -2.08. The normalized spacial score (nSPS) is 14.1. The van der Waals surface area contributed by atoms with Crippen LogP contribution in [0.2, 0.25) is 0 Å². The molecule has 2 aromatic heterocycles. The minimum absolute atomic E-state index is 0.156. The van der Waals surface area contributed by atoms with Gasteiger partial charge in [-0.05, 0) is 18.2 Å². The summed E-state index contributed by atoms with van der Waals surface area (Å²) >= 11 is 1.21. The number of aryl methyl sites for hydroxylation is 1. The molecule has 0 saturated carbocycles. The van der Waals surface area contributed by atoms with Gasteiger partial charge in [-0.2, -0.15) is 4.98 Å². The van der Waals surface area contributed by atoms with Gasteiger partial charge in [-0.3, -0.25) is 9.59 Å². The Kier molecular flexibility index (Phi) is 2.45. The van der Waals surface area contributed by atoms with Crippen molar-refractivity contribution < 1.29 is 14.1 Å². The number of carbonyl (C=O) groups excluding carboxylic acids is 2. The first-order valence-corrected chi connectivity index (χ1v) is 6.24. The largest absolute Gasteiger partial charge is 0.333 e. The zero-order valence-electron chi connectivity index (χ0n) is 9.47. The Bertz CT molecular complexity index is 646. The molecule has 1 aliphatic rings. The van der Waals surface area contributed by atoms with Crippen LogP contribution in [0.5, 0.6) is 0 Å². The summed E-state index contributed by atoms with van der Waals surface area (Å²) in [7, 11) is 0. The molecule has 2 heterocycles. The van der Waals surface area contributed by atoms with E-state index in [9.17, 15) is 9.59 Å². The number of fused-ring (bicyclic) bond motifs is 1. The molecule has 5 nitrogen and oxygen atoms in total. The molecule has 0 atom stereocenters. The Labute approximate surface area is 106 Å². The summed E-state index contributed by atoms with van der Waals surface area (Å²) in [6.45, 7) is 1.92. The van der Waals surface area contributed by atoms with Crippen molar-refractivity contribution in [2.24, 2.45) is 0 Å². The van der Waals surface area contributed by atoms with Gasteiger partial charge in [0.25, 0.3) is 5.89 Å². The van der Waals surface area contributed by atoms with Crippen molar-refractivity contribution in [3.63, 3.8) is 0 Å². The standard InChI is InChI=1S/C12H8N2O3S/c1-2-10-13-12(17-14-10)9-5-6-7(15)3-4-8(16)11(6)18-9/h3-5H,2H2,1H3. The van der Waals surface area contributed by atoms with Gasteiger partial charge in [0.2, 0.25) is 0 Å². The first-order chi connectivity index (χ1) is 8.69. The minimum Gasteiger partial charge on any atom is -0.333 e. The van der Waals surface area contributed by atoms with Gasteiger partial charge < -0.3 is 4.52 Å². The van der Waals surface area contributed by atoms with Crippen LogP contribution in [0.25, 0.3) is 10.8 Å². The molecule has 0 saturated heterocycles. The van der Waals surface area contributed by atoms with Gasteiger partial charge in [-0.15, -0.1) is 11.3 Å². The van der Waals surface area contributed by atoms with Crippen molar-refractivity contribution in [1.29, 1.82) is 0 Å². The van der Waals surface area contributed by atoms with Crippen LogP contribution in [0.4, 0.5) is 0 Å². The van der Waals surface area contributed by atoms with E-state index in [4.69, 9.17) is 4.52 Å². The average Bonchev–Trinajstić information content (AvgIpc) is 2.99. The summed E-state index contributed by atoms with van der Waals surface area (Å²) in [5, 5.41) is 3.79. The van der Waals surface area contributed by atoms with Crippen LogP contribution < -0.4 is 0 Å². The molecule has 2 aromatic rings. The van der Waals surface area contributed by atoms with Crippen LogP contribution in [0.3, 0.4) is 0 Å². The number of nitrogens with zero attached hydrogens (tertiary/aromatic N) is 2. The number of ketones is 2. The highest BCUT2D eigenvalue weighted by molar-refractivity contribution is 7.18. The molecule has 0 aliphatic heterocycles. The van der Waals surface area contributed by atoms with Gasteiger partial charge in [-0.25, -0.2) is 0 Å². The number of thiophene rings is 1. The van der Waals surface area contributed by atoms with Crippen molar-refractivity contribution in [3.05, 3.63) is 34.5 Å². The zero-order chi connectivity index (χ0) is 12.7. The Morgan fingerprint density at radius 1 is 1.28 bits per heavy atom. The van der Waals surface area contributed by atoms with Crippen molar-refractivity contribution in [1.82, 2.24) is 10.1 Å². The molecule has 0 amide bonds. The maximum Gasteiger partial charge on any atom is 0.268 e. The molecule has 0 spiro atoms. The fourth-order valence-corrected chi connectivity index (χ4v) is 2.68. The van der Waals surface area contributed by atoms with Crippen molar-refractivity contribution >= 4 is 22.9 Å². The summed E-state index contributed by atoms with van der Waals surface area (Å²) in [5.41, 5.74) is 0.416. The summed E-state index contributed by atoms with van der Waals surface area (Å²) in [6.07, 6.45) is 3.25. The number of allylic oxidation sites excluding steroid dienone is 2. The van der Waals surface area contributed by atoms with Crippen LogP contribution >= 0.6 is 11.3 Å². The van der Waals surface area contributed by atoms with E-state index in [1.54, 1.807) is 6.07 Å². The predicted octanol–water partition coefficient (Wildman–Crippen LogP) is 2.30. The Morgan fingerprint density at radius 2 is 2.06 bits per heavy atom. The average molecular weight is 260 g/mol. The third kappa shape index (κ3) is 1.62. The molecule has 0 aromatic carbocycles. The minimum atomic E-state index is -0.165. The lowest BCUT2D eigenvalue weighted by atomic mass is 10.0. The van der Waals surface area contributed by atoms with E-state index in [-0.39, 0.29) is 11.6 Å². The summed E-state index contributed by atoms with van der Waals surface area (Å²) in [4.78, 5) is 28.6. The van der Waals surface area contributed by atoms with Gasteiger partial charge in [0.15, 0.2) is 17.4 Å². The molecule has 0 fully saturated rings. The van der Waals surface area contributed by atoms with Gasteiger partial charge in [-0.1, -0.05) is 12.1 Å². The SMILES string of the molecule is CCc1noc(-c2cc3c(s2)C(=O)C=CC3=O)n1. The van der Waals surface area contributed by atoms with Gasteiger partial charge in [0.1, 0.15) is 0 Å². The fourth-order valence-electron chi connectivity index (χ4n) is 1.68. The lowest BCUT2D eigenvalue weighted by molar-refractivity contribution is 0.0997. The first kappa shape index (κ1) is 11.0. The molecule has 0 unspecified atom stereocenters. The molecule has 1 aliphatic carbocycles. The second kappa shape index (κ2) is 3.99. The molecule has 6 heteroatoms. The van der Waals surface area contributed by atoms with Crippen molar-refractivity contribution in [2.45, 2.75) is 13.3 Å². The smallest absolute Gasteiger partial charge is 0.268 e. The number of hydrogen-bond donors (Lipinski definition) is 0. The molecule has 90 valence electrons. The second-order valence-corrected chi connectivity index (χ2v) is 4.84. The summed E-state index contributed by atoms with van der Waals surface area (Å²) in [5.74, 6) is 0.636. The first-order valence-electron chi connectivity index (χ1n) is 5.42. The van der Waals surface area contributed by atoms with E-state index >= 15 is 0 Å². The lowest BCUT2D eigenvalue weighted by Gasteiger charge is -2.00. The molecule has 18 heavy (non-hydrogen) atoms. The van der Waals surface area contributed by atoms with E-state index in [0.29, 0.717) is 33.5 Å².